The fraction of sp³-hybridized carbons (Fsp3) is 0.357. The molecule has 0 fully saturated rings. The molecule has 1 unspecified atom stereocenters. The van der Waals surface area contributed by atoms with Gasteiger partial charge in [-0.3, -0.25) is 4.79 Å². The number of aromatic amines is 1. The smallest absolute Gasteiger partial charge is 0.253 e. The molecule has 1 atom stereocenters. The van der Waals surface area contributed by atoms with E-state index in [1.165, 1.54) is 0 Å². The lowest BCUT2D eigenvalue weighted by molar-refractivity contribution is -0.117. The SMILES string of the molecule is COC(OC)C(C)NC(=O)c1c[nH]c2ccccc12. The lowest BCUT2D eigenvalue weighted by Crippen LogP contribution is -2.42. The summed E-state index contributed by atoms with van der Waals surface area (Å²) in [6.07, 6.45) is 1.25. The molecule has 0 aliphatic carbocycles. The van der Waals surface area contributed by atoms with E-state index in [0.717, 1.165) is 10.9 Å². The van der Waals surface area contributed by atoms with Gasteiger partial charge in [0.2, 0.25) is 0 Å². The van der Waals surface area contributed by atoms with Gasteiger partial charge in [-0.05, 0) is 13.0 Å². The van der Waals surface area contributed by atoms with Crippen LogP contribution in [-0.4, -0.2) is 37.4 Å². The minimum absolute atomic E-state index is 0.149. The quantitative estimate of drug-likeness (QED) is 0.809. The number of para-hydroxylation sites is 1. The predicted octanol–water partition coefficient (Wildman–Crippen LogP) is 1.91. The Balaban J connectivity index is 2.16. The molecule has 2 rings (SSSR count). The summed E-state index contributed by atoms with van der Waals surface area (Å²) in [6, 6.07) is 7.44. The van der Waals surface area contributed by atoms with Crippen LogP contribution in [0.5, 0.6) is 0 Å². The van der Waals surface area contributed by atoms with E-state index < -0.39 is 6.29 Å². The van der Waals surface area contributed by atoms with E-state index in [9.17, 15) is 4.79 Å². The number of benzene rings is 1. The van der Waals surface area contributed by atoms with Crippen LogP contribution in [0, 0.1) is 0 Å². The first-order chi connectivity index (χ1) is 9.17. The fourth-order valence-corrected chi connectivity index (χ4v) is 2.12. The third kappa shape index (κ3) is 2.77. The number of hydrogen-bond donors (Lipinski definition) is 2. The number of rotatable bonds is 5. The summed E-state index contributed by atoms with van der Waals surface area (Å²) in [7, 11) is 3.09. The highest BCUT2D eigenvalue weighted by atomic mass is 16.7. The molecule has 0 saturated carbocycles. The predicted molar refractivity (Wildman–Crippen MR) is 73.0 cm³/mol. The van der Waals surface area contributed by atoms with Gasteiger partial charge in [-0.15, -0.1) is 0 Å². The van der Waals surface area contributed by atoms with Gasteiger partial charge in [0.25, 0.3) is 5.91 Å². The van der Waals surface area contributed by atoms with Crippen LogP contribution < -0.4 is 5.32 Å². The zero-order valence-electron chi connectivity index (χ0n) is 11.3. The highest BCUT2D eigenvalue weighted by Gasteiger charge is 2.20. The Morgan fingerprint density at radius 1 is 1.26 bits per heavy atom. The second-order valence-corrected chi connectivity index (χ2v) is 4.35. The molecule has 0 aliphatic rings. The molecule has 0 spiro atoms. The van der Waals surface area contributed by atoms with Gasteiger partial charge < -0.3 is 19.8 Å². The van der Waals surface area contributed by atoms with Gasteiger partial charge in [0.1, 0.15) is 0 Å². The van der Waals surface area contributed by atoms with E-state index in [-0.39, 0.29) is 11.9 Å². The molecule has 1 heterocycles. The van der Waals surface area contributed by atoms with Crippen molar-refractivity contribution in [3.63, 3.8) is 0 Å². The second kappa shape index (κ2) is 5.86. The highest BCUT2D eigenvalue weighted by molar-refractivity contribution is 6.06. The zero-order chi connectivity index (χ0) is 13.8. The Bertz CT molecular complexity index is 561. The largest absolute Gasteiger partial charge is 0.360 e. The van der Waals surface area contributed by atoms with E-state index in [0.29, 0.717) is 5.56 Å². The number of hydrogen-bond acceptors (Lipinski definition) is 3. The van der Waals surface area contributed by atoms with Crippen molar-refractivity contribution in [2.24, 2.45) is 0 Å². The number of carbonyl (C=O) groups is 1. The number of fused-ring (bicyclic) bond motifs is 1. The van der Waals surface area contributed by atoms with Crippen molar-refractivity contribution in [2.75, 3.05) is 14.2 Å². The Labute approximate surface area is 111 Å². The number of amides is 1. The van der Waals surface area contributed by atoms with Gasteiger partial charge in [0.15, 0.2) is 6.29 Å². The van der Waals surface area contributed by atoms with E-state index in [1.807, 2.05) is 31.2 Å². The zero-order valence-corrected chi connectivity index (χ0v) is 11.3. The number of carbonyl (C=O) groups excluding carboxylic acids is 1. The maximum atomic E-state index is 12.2. The molecule has 2 N–H and O–H groups in total. The number of nitrogens with one attached hydrogen (secondary N) is 2. The third-order valence-corrected chi connectivity index (χ3v) is 3.07. The molecule has 1 amide bonds. The summed E-state index contributed by atoms with van der Waals surface area (Å²) >= 11 is 0. The number of aromatic nitrogens is 1. The van der Waals surface area contributed by atoms with Crippen molar-refractivity contribution in [2.45, 2.75) is 19.3 Å². The van der Waals surface area contributed by atoms with Gasteiger partial charge in [-0.1, -0.05) is 18.2 Å². The van der Waals surface area contributed by atoms with Gasteiger partial charge in [-0.2, -0.15) is 0 Å². The molecule has 1 aromatic carbocycles. The molecular weight excluding hydrogens is 244 g/mol. The Kier molecular flexibility index (Phi) is 4.19. The topological polar surface area (TPSA) is 63.4 Å². The van der Waals surface area contributed by atoms with Crippen LogP contribution in [0.3, 0.4) is 0 Å². The van der Waals surface area contributed by atoms with E-state index in [1.54, 1.807) is 20.4 Å². The average Bonchev–Trinajstić information content (AvgIpc) is 2.84. The Hall–Kier alpha value is -1.85. The number of methoxy groups -OCH3 is 2. The molecule has 0 saturated heterocycles. The molecule has 102 valence electrons. The van der Waals surface area contributed by atoms with Crippen LogP contribution in [0.25, 0.3) is 10.9 Å². The standard InChI is InChI=1S/C14H18N2O3/c1-9(14(18-2)19-3)16-13(17)11-8-15-12-7-5-4-6-10(11)12/h4-9,14-15H,1-3H3,(H,16,17). The van der Waals surface area contributed by atoms with Crippen molar-refractivity contribution in [1.82, 2.24) is 10.3 Å². The van der Waals surface area contributed by atoms with Gasteiger partial charge >= 0.3 is 0 Å². The van der Waals surface area contributed by atoms with Crippen molar-refractivity contribution >= 4 is 16.8 Å². The Morgan fingerprint density at radius 3 is 2.63 bits per heavy atom. The van der Waals surface area contributed by atoms with Crippen molar-refractivity contribution in [3.8, 4) is 0 Å². The average molecular weight is 262 g/mol. The molecule has 19 heavy (non-hydrogen) atoms. The lowest BCUT2D eigenvalue weighted by Gasteiger charge is -2.21. The van der Waals surface area contributed by atoms with Gasteiger partial charge in [0, 0.05) is 31.3 Å². The van der Waals surface area contributed by atoms with Crippen molar-refractivity contribution in [1.29, 1.82) is 0 Å². The maximum absolute atomic E-state index is 12.2. The number of H-pyrrole nitrogens is 1. The van der Waals surface area contributed by atoms with Gasteiger partial charge in [-0.25, -0.2) is 0 Å². The molecule has 0 radical (unpaired) electrons. The van der Waals surface area contributed by atoms with Crippen LogP contribution in [0.15, 0.2) is 30.5 Å². The van der Waals surface area contributed by atoms with Crippen LogP contribution >= 0.6 is 0 Å². The van der Waals surface area contributed by atoms with Gasteiger partial charge in [0.05, 0.1) is 11.6 Å². The minimum Gasteiger partial charge on any atom is -0.360 e. The molecule has 0 bridgehead atoms. The highest BCUT2D eigenvalue weighted by Crippen LogP contribution is 2.17. The first kappa shape index (κ1) is 13.6. The lowest BCUT2D eigenvalue weighted by atomic mass is 10.1. The maximum Gasteiger partial charge on any atom is 0.253 e. The normalized spacial score (nSPS) is 12.8. The van der Waals surface area contributed by atoms with Crippen LogP contribution in [-0.2, 0) is 9.47 Å². The summed E-state index contributed by atoms with van der Waals surface area (Å²) in [5, 5.41) is 3.77. The molecule has 5 heteroatoms. The van der Waals surface area contributed by atoms with E-state index in [2.05, 4.69) is 10.3 Å². The van der Waals surface area contributed by atoms with Crippen molar-refractivity contribution in [3.05, 3.63) is 36.0 Å². The first-order valence-electron chi connectivity index (χ1n) is 6.10. The van der Waals surface area contributed by atoms with Crippen LogP contribution in [0.4, 0.5) is 0 Å². The molecular formula is C14H18N2O3. The summed E-state index contributed by atoms with van der Waals surface area (Å²) in [4.78, 5) is 15.3. The second-order valence-electron chi connectivity index (χ2n) is 4.35. The van der Waals surface area contributed by atoms with Crippen molar-refractivity contribution < 1.29 is 14.3 Å². The summed E-state index contributed by atoms with van der Waals surface area (Å²) in [6.45, 7) is 1.84. The summed E-state index contributed by atoms with van der Waals surface area (Å²) in [5.41, 5.74) is 1.56. The molecule has 5 nitrogen and oxygen atoms in total. The first-order valence-corrected chi connectivity index (χ1v) is 6.10. The molecule has 1 aromatic heterocycles. The number of ether oxygens (including phenoxy) is 2. The fourth-order valence-electron chi connectivity index (χ4n) is 2.12. The monoisotopic (exact) mass is 262 g/mol. The molecule has 2 aromatic rings. The van der Waals surface area contributed by atoms with Crippen LogP contribution in [0.1, 0.15) is 17.3 Å². The van der Waals surface area contributed by atoms with Crippen LogP contribution in [0.2, 0.25) is 0 Å². The third-order valence-electron chi connectivity index (χ3n) is 3.07. The van der Waals surface area contributed by atoms with E-state index >= 15 is 0 Å². The van der Waals surface area contributed by atoms with E-state index in [4.69, 9.17) is 9.47 Å². The minimum atomic E-state index is -0.464. The Morgan fingerprint density at radius 2 is 1.95 bits per heavy atom. The summed E-state index contributed by atoms with van der Waals surface area (Å²) in [5.74, 6) is -0.149. The molecule has 0 aliphatic heterocycles. The summed E-state index contributed by atoms with van der Waals surface area (Å²) < 4.78 is 10.2.